The molecule has 1 aromatic heterocycles. The third-order valence-electron chi connectivity index (χ3n) is 4.78. The molecule has 0 bridgehead atoms. The van der Waals surface area contributed by atoms with E-state index in [-0.39, 0.29) is 11.5 Å². The summed E-state index contributed by atoms with van der Waals surface area (Å²) < 4.78 is 29.7. The van der Waals surface area contributed by atoms with Gasteiger partial charge in [0.15, 0.2) is 0 Å². The number of nitrogens with zero attached hydrogens (tertiary/aromatic N) is 1. The monoisotopic (exact) mass is 313 g/mol. The number of nitrogens with one attached hydrogen (secondary N) is 1. The quantitative estimate of drug-likeness (QED) is 0.811. The van der Waals surface area contributed by atoms with Crippen molar-refractivity contribution in [2.24, 2.45) is 11.1 Å². The van der Waals surface area contributed by atoms with Gasteiger partial charge in [0.1, 0.15) is 0 Å². The van der Waals surface area contributed by atoms with Crippen molar-refractivity contribution >= 4 is 10.0 Å². The zero-order valence-electron chi connectivity index (χ0n) is 13.2. The van der Waals surface area contributed by atoms with Crippen molar-refractivity contribution in [3.05, 3.63) is 18.0 Å². The second-order valence-electron chi connectivity index (χ2n) is 6.40. The molecular weight excluding hydrogens is 286 g/mol. The third kappa shape index (κ3) is 3.33. The first-order chi connectivity index (χ1) is 9.83. The average molecular weight is 313 g/mol. The molecule has 1 fully saturated rings. The van der Waals surface area contributed by atoms with Gasteiger partial charge >= 0.3 is 0 Å². The van der Waals surface area contributed by atoms with Crippen molar-refractivity contribution < 1.29 is 8.42 Å². The number of hydrogen-bond donors (Lipinski definition) is 2. The van der Waals surface area contributed by atoms with Crippen LogP contribution in [0.4, 0.5) is 0 Å². The smallest absolute Gasteiger partial charge is 0.242 e. The lowest BCUT2D eigenvalue weighted by Crippen LogP contribution is -2.41. The molecule has 0 aromatic carbocycles. The van der Waals surface area contributed by atoms with E-state index in [0.717, 1.165) is 25.0 Å². The number of rotatable bonds is 7. The minimum Gasteiger partial charge on any atom is -0.346 e. The maximum Gasteiger partial charge on any atom is 0.242 e. The Kier molecular flexibility index (Phi) is 4.80. The molecule has 5 nitrogen and oxygen atoms in total. The van der Waals surface area contributed by atoms with Gasteiger partial charge in [-0.2, -0.15) is 0 Å². The molecule has 1 aromatic rings. The van der Waals surface area contributed by atoms with Gasteiger partial charge < -0.3 is 10.3 Å². The highest BCUT2D eigenvalue weighted by atomic mass is 32.2. The highest BCUT2D eigenvalue weighted by molar-refractivity contribution is 7.89. The van der Waals surface area contributed by atoms with E-state index in [9.17, 15) is 8.42 Å². The third-order valence-corrected chi connectivity index (χ3v) is 6.15. The van der Waals surface area contributed by atoms with Crippen molar-refractivity contribution in [1.82, 2.24) is 9.29 Å². The van der Waals surface area contributed by atoms with E-state index in [4.69, 9.17) is 5.73 Å². The number of sulfonamides is 1. The van der Waals surface area contributed by atoms with Gasteiger partial charge in [-0.3, -0.25) is 0 Å². The van der Waals surface area contributed by atoms with E-state index in [2.05, 4.69) is 11.6 Å². The largest absolute Gasteiger partial charge is 0.346 e. The Balaban J connectivity index is 2.16. The maximum absolute atomic E-state index is 12.5. The summed E-state index contributed by atoms with van der Waals surface area (Å²) in [5, 5.41) is 0. The van der Waals surface area contributed by atoms with E-state index in [1.807, 2.05) is 18.4 Å². The summed E-state index contributed by atoms with van der Waals surface area (Å²) in [7, 11) is -3.45. The van der Waals surface area contributed by atoms with Gasteiger partial charge in [-0.1, -0.05) is 13.3 Å². The van der Waals surface area contributed by atoms with Crippen LogP contribution in [0.2, 0.25) is 0 Å². The van der Waals surface area contributed by atoms with Crippen LogP contribution in [0, 0.1) is 5.41 Å². The van der Waals surface area contributed by atoms with Crippen LogP contribution in [-0.2, 0) is 16.6 Å². The summed E-state index contributed by atoms with van der Waals surface area (Å²) in [5.41, 5.74) is 6.72. The number of hydrogen-bond acceptors (Lipinski definition) is 3. The van der Waals surface area contributed by atoms with E-state index in [0.29, 0.717) is 18.0 Å². The summed E-state index contributed by atoms with van der Waals surface area (Å²) >= 11 is 0. The van der Waals surface area contributed by atoms with Crippen molar-refractivity contribution in [1.29, 1.82) is 0 Å². The fourth-order valence-corrected chi connectivity index (χ4v) is 4.16. The lowest BCUT2D eigenvalue weighted by molar-refractivity contribution is 0.133. The van der Waals surface area contributed by atoms with Crippen LogP contribution in [0.3, 0.4) is 0 Å². The fourth-order valence-electron chi connectivity index (χ4n) is 2.95. The lowest BCUT2D eigenvalue weighted by atomic mass is 9.67. The van der Waals surface area contributed by atoms with Crippen LogP contribution in [0.25, 0.3) is 0 Å². The fraction of sp³-hybridized carbons (Fsp3) is 0.733. The highest BCUT2D eigenvalue weighted by Crippen LogP contribution is 2.43. The van der Waals surface area contributed by atoms with Crippen LogP contribution in [0.15, 0.2) is 17.2 Å². The van der Waals surface area contributed by atoms with Gasteiger partial charge in [0.05, 0.1) is 4.90 Å². The Morgan fingerprint density at radius 1 is 1.43 bits per heavy atom. The molecule has 1 aliphatic carbocycles. The summed E-state index contributed by atoms with van der Waals surface area (Å²) in [6.07, 6.45) is 6.15. The predicted molar refractivity (Wildman–Crippen MR) is 84.5 cm³/mol. The first-order valence-electron chi connectivity index (χ1n) is 7.74. The van der Waals surface area contributed by atoms with Crippen molar-refractivity contribution in [3.8, 4) is 0 Å². The zero-order valence-corrected chi connectivity index (χ0v) is 14.0. The van der Waals surface area contributed by atoms with E-state index in [1.165, 1.54) is 6.42 Å². The number of nitrogens with two attached hydrogens (primary N) is 1. The lowest BCUT2D eigenvalue weighted by Gasteiger charge is -2.41. The van der Waals surface area contributed by atoms with Gasteiger partial charge in [-0.25, -0.2) is 13.1 Å². The molecule has 21 heavy (non-hydrogen) atoms. The Morgan fingerprint density at radius 3 is 2.48 bits per heavy atom. The van der Waals surface area contributed by atoms with Crippen LogP contribution in [-0.4, -0.2) is 19.5 Å². The minimum absolute atomic E-state index is 0.171. The van der Waals surface area contributed by atoms with Crippen LogP contribution >= 0.6 is 0 Å². The second kappa shape index (κ2) is 6.10. The molecule has 0 saturated heterocycles. The Bertz CT molecular complexity index is 581. The SMILES string of the molecule is CCC1(CNS(=O)(=O)c2cc(CN)n(C(C)C)c2)CCC1. The Labute approximate surface area is 128 Å². The van der Waals surface area contributed by atoms with Crippen molar-refractivity contribution in [2.45, 2.75) is 63.9 Å². The molecule has 0 atom stereocenters. The van der Waals surface area contributed by atoms with E-state index < -0.39 is 10.0 Å². The molecule has 1 aliphatic rings. The second-order valence-corrected chi connectivity index (χ2v) is 8.17. The van der Waals surface area contributed by atoms with Gasteiger partial charge in [0.2, 0.25) is 10.0 Å². The molecule has 0 spiro atoms. The first-order valence-corrected chi connectivity index (χ1v) is 9.22. The zero-order chi connectivity index (χ0) is 15.7. The van der Waals surface area contributed by atoms with Crippen LogP contribution in [0.1, 0.15) is 58.2 Å². The summed E-state index contributed by atoms with van der Waals surface area (Å²) in [6, 6.07) is 1.88. The van der Waals surface area contributed by atoms with Crippen molar-refractivity contribution in [2.75, 3.05) is 6.54 Å². The van der Waals surface area contributed by atoms with Crippen molar-refractivity contribution in [3.63, 3.8) is 0 Å². The Morgan fingerprint density at radius 2 is 2.10 bits per heavy atom. The molecule has 6 heteroatoms. The minimum atomic E-state index is -3.45. The molecular formula is C15H27N3O2S. The molecule has 3 N–H and O–H groups in total. The normalized spacial score (nSPS) is 18.0. The molecule has 0 radical (unpaired) electrons. The van der Waals surface area contributed by atoms with Gasteiger partial charge in [0.25, 0.3) is 0 Å². The summed E-state index contributed by atoms with van der Waals surface area (Å²) in [6.45, 7) is 7.05. The molecule has 0 aliphatic heterocycles. The maximum atomic E-state index is 12.5. The molecule has 120 valence electrons. The first kappa shape index (κ1) is 16.5. The van der Waals surface area contributed by atoms with Crippen LogP contribution < -0.4 is 10.5 Å². The predicted octanol–water partition coefficient (Wildman–Crippen LogP) is 2.39. The molecule has 1 heterocycles. The van der Waals surface area contributed by atoms with Gasteiger partial charge in [-0.15, -0.1) is 0 Å². The Hall–Kier alpha value is -0.850. The molecule has 0 amide bonds. The van der Waals surface area contributed by atoms with Gasteiger partial charge in [-0.05, 0) is 44.6 Å². The highest BCUT2D eigenvalue weighted by Gasteiger charge is 2.36. The summed E-state index contributed by atoms with van der Waals surface area (Å²) in [4.78, 5) is 0.322. The topological polar surface area (TPSA) is 77.1 Å². The van der Waals surface area contributed by atoms with Gasteiger partial charge in [0, 0.05) is 31.0 Å². The molecule has 0 unspecified atom stereocenters. The average Bonchev–Trinajstić information content (AvgIpc) is 2.83. The molecule has 2 rings (SSSR count). The standard InChI is InChI=1S/C15H27N3O2S/c1-4-15(6-5-7-15)11-17-21(19,20)14-8-13(9-16)18(10-14)12(2)3/h8,10,12,17H,4-7,9,11,16H2,1-3H3. The van der Waals surface area contributed by atoms with E-state index >= 15 is 0 Å². The summed E-state index contributed by atoms with van der Waals surface area (Å²) in [5.74, 6) is 0. The number of aromatic nitrogens is 1. The molecule has 1 saturated carbocycles. The van der Waals surface area contributed by atoms with E-state index in [1.54, 1.807) is 12.3 Å². The van der Waals surface area contributed by atoms with Crippen LogP contribution in [0.5, 0.6) is 0 Å².